The van der Waals surface area contributed by atoms with Crippen LogP contribution in [0.1, 0.15) is 18.4 Å². The third-order valence-corrected chi connectivity index (χ3v) is 3.41. The molecule has 0 atom stereocenters. The van der Waals surface area contributed by atoms with Crippen molar-refractivity contribution in [3.63, 3.8) is 0 Å². The Morgan fingerprint density at radius 1 is 1.10 bits per heavy atom. The van der Waals surface area contributed by atoms with Crippen LogP contribution in [0.3, 0.4) is 0 Å². The first-order chi connectivity index (χ1) is 10.4. The highest BCUT2D eigenvalue weighted by molar-refractivity contribution is 5.84. The Morgan fingerprint density at radius 2 is 2.05 bits per heavy atom. The van der Waals surface area contributed by atoms with Crippen LogP contribution in [0, 0.1) is 0 Å². The lowest BCUT2D eigenvalue weighted by atomic mass is 10.1. The molecular weight excluding hydrogens is 264 g/mol. The first kappa shape index (κ1) is 15.9. The minimum atomic E-state index is 0.675. The van der Waals surface area contributed by atoms with Crippen LogP contribution in [0.15, 0.2) is 36.7 Å². The number of hydrogen-bond acceptors (Lipinski definition) is 4. The zero-order valence-electron chi connectivity index (χ0n) is 12.7. The number of benzene rings is 1. The molecule has 21 heavy (non-hydrogen) atoms. The van der Waals surface area contributed by atoms with Crippen LogP contribution in [0.25, 0.3) is 10.8 Å². The molecule has 1 heterocycles. The van der Waals surface area contributed by atoms with Crippen molar-refractivity contribution in [3.05, 3.63) is 42.2 Å². The standard InChI is InChI=1S/C17H24N2O2/c1-20-11-12-21-10-3-2-8-18-13-15-5-4-6-16-14-19-9-7-17(15)16/h4-7,9,14,18H,2-3,8,10-13H2,1H3. The minimum Gasteiger partial charge on any atom is -0.382 e. The molecule has 0 saturated heterocycles. The number of unbranched alkanes of at least 4 members (excludes halogenated alkanes) is 1. The number of pyridine rings is 1. The summed E-state index contributed by atoms with van der Waals surface area (Å²) in [5.41, 5.74) is 1.33. The molecule has 0 saturated carbocycles. The minimum absolute atomic E-state index is 0.675. The molecule has 1 aromatic carbocycles. The lowest BCUT2D eigenvalue weighted by Gasteiger charge is -2.08. The van der Waals surface area contributed by atoms with Crippen molar-refractivity contribution in [2.75, 3.05) is 33.5 Å². The fourth-order valence-corrected chi connectivity index (χ4v) is 2.27. The van der Waals surface area contributed by atoms with Gasteiger partial charge < -0.3 is 14.8 Å². The molecule has 4 nitrogen and oxygen atoms in total. The highest BCUT2D eigenvalue weighted by Gasteiger charge is 1.99. The first-order valence-electron chi connectivity index (χ1n) is 7.51. The number of hydrogen-bond donors (Lipinski definition) is 1. The molecule has 1 aromatic heterocycles. The Bertz CT molecular complexity index is 526. The number of fused-ring (bicyclic) bond motifs is 1. The third-order valence-electron chi connectivity index (χ3n) is 3.41. The molecule has 0 spiro atoms. The van der Waals surface area contributed by atoms with Crippen LogP contribution < -0.4 is 5.32 Å². The highest BCUT2D eigenvalue weighted by Crippen LogP contribution is 2.16. The summed E-state index contributed by atoms with van der Waals surface area (Å²) < 4.78 is 10.4. The lowest BCUT2D eigenvalue weighted by Crippen LogP contribution is -2.15. The number of rotatable bonds is 10. The van der Waals surface area contributed by atoms with E-state index in [0.29, 0.717) is 13.2 Å². The van der Waals surface area contributed by atoms with Crippen LogP contribution in [0.4, 0.5) is 0 Å². The predicted molar refractivity (Wildman–Crippen MR) is 85.4 cm³/mol. The fraction of sp³-hybridized carbons (Fsp3) is 0.471. The van der Waals surface area contributed by atoms with Gasteiger partial charge in [-0.25, -0.2) is 0 Å². The van der Waals surface area contributed by atoms with Crippen LogP contribution in [-0.2, 0) is 16.0 Å². The molecule has 0 unspecified atom stereocenters. The Hall–Kier alpha value is -1.49. The quantitative estimate of drug-likeness (QED) is 0.683. The zero-order chi connectivity index (χ0) is 14.8. The number of ether oxygens (including phenoxy) is 2. The Morgan fingerprint density at radius 3 is 2.95 bits per heavy atom. The Labute approximate surface area is 126 Å². The highest BCUT2D eigenvalue weighted by atomic mass is 16.5. The second-order valence-corrected chi connectivity index (χ2v) is 5.00. The van der Waals surface area contributed by atoms with E-state index >= 15 is 0 Å². The maximum absolute atomic E-state index is 5.44. The predicted octanol–water partition coefficient (Wildman–Crippen LogP) is 2.77. The van der Waals surface area contributed by atoms with Crippen LogP contribution in [0.2, 0.25) is 0 Å². The molecular formula is C17H24N2O2. The summed E-state index contributed by atoms with van der Waals surface area (Å²) in [5, 5.41) is 5.97. The van der Waals surface area contributed by atoms with E-state index in [2.05, 4.69) is 34.6 Å². The van der Waals surface area contributed by atoms with Crippen LogP contribution in [0.5, 0.6) is 0 Å². The van der Waals surface area contributed by atoms with Gasteiger partial charge in [-0.15, -0.1) is 0 Å². The van der Waals surface area contributed by atoms with E-state index in [1.807, 2.05) is 12.4 Å². The molecule has 0 aliphatic carbocycles. The molecule has 0 aliphatic heterocycles. The first-order valence-corrected chi connectivity index (χ1v) is 7.51. The van der Waals surface area contributed by atoms with Gasteiger partial charge in [0, 0.05) is 38.0 Å². The summed E-state index contributed by atoms with van der Waals surface area (Å²) in [6.45, 7) is 4.08. The Balaban J connectivity index is 1.64. The van der Waals surface area contributed by atoms with Crippen molar-refractivity contribution in [1.82, 2.24) is 10.3 Å². The number of nitrogens with one attached hydrogen (secondary N) is 1. The molecule has 4 heteroatoms. The number of methoxy groups -OCH3 is 1. The number of nitrogens with zero attached hydrogens (tertiary/aromatic N) is 1. The van der Waals surface area contributed by atoms with Crippen LogP contribution in [-0.4, -0.2) is 38.5 Å². The number of aromatic nitrogens is 1. The van der Waals surface area contributed by atoms with E-state index in [-0.39, 0.29) is 0 Å². The van der Waals surface area contributed by atoms with Gasteiger partial charge in [0.2, 0.25) is 0 Å². The fourth-order valence-electron chi connectivity index (χ4n) is 2.27. The molecule has 0 aliphatic rings. The van der Waals surface area contributed by atoms with E-state index in [1.165, 1.54) is 16.3 Å². The van der Waals surface area contributed by atoms with E-state index in [9.17, 15) is 0 Å². The molecule has 0 radical (unpaired) electrons. The molecule has 2 rings (SSSR count). The monoisotopic (exact) mass is 288 g/mol. The average molecular weight is 288 g/mol. The summed E-state index contributed by atoms with van der Waals surface area (Å²) >= 11 is 0. The van der Waals surface area contributed by atoms with Gasteiger partial charge in [0.1, 0.15) is 0 Å². The van der Waals surface area contributed by atoms with Gasteiger partial charge in [0.25, 0.3) is 0 Å². The summed E-state index contributed by atoms with van der Waals surface area (Å²) in [6.07, 6.45) is 5.97. The van der Waals surface area contributed by atoms with Crippen molar-refractivity contribution in [3.8, 4) is 0 Å². The van der Waals surface area contributed by atoms with Crippen molar-refractivity contribution >= 4 is 10.8 Å². The van der Waals surface area contributed by atoms with E-state index in [0.717, 1.165) is 32.5 Å². The molecule has 114 valence electrons. The van der Waals surface area contributed by atoms with Crippen LogP contribution >= 0.6 is 0 Å². The van der Waals surface area contributed by atoms with Crippen molar-refractivity contribution in [1.29, 1.82) is 0 Å². The van der Waals surface area contributed by atoms with Gasteiger partial charge in [-0.1, -0.05) is 18.2 Å². The summed E-state index contributed by atoms with van der Waals surface area (Å²) in [7, 11) is 1.69. The second kappa shape index (κ2) is 9.45. The van der Waals surface area contributed by atoms with Gasteiger partial charge in [-0.05, 0) is 36.4 Å². The topological polar surface area (TPSA) is 43.4 Å². The van der Waals surface area contributed by atoms with Crippen molar-refractivity contribution in [2.45, 2.75) is 19.4 Å². The summed E-state index contributed by atoms with van der Waals surface area (Å²) in [5.74, 6) is 0. The molecule has 2 aromatic rings. The maximum atomic E-state index is 5.44. The summed E-state index contributed by atoms with van der Waals surface area (Å²) in [6, 6.07) is 8.44. The SMILES string of the molecule is COCCOCCCCNCc1cccc2cnccc12. The second-order valence-electron chi connectivity index (χ2n) is 5.00. The van der Waals surface area contributed by atoms with E-state index in [1.54, 1.807) is 7.11 Å². The van der Waals surface area contributed by atoms with Gasteiger partial charge >= 0.3 is 0 Å². The van der Waals surface area contributed by atoms with Crippen molar-refractivity contribution < 1.29 is 9.47 Å². The van der Waals surface area contributed by atoms with E-state index in [4.69, 9.17) is 9.47 Å². The maximum Gasteiger partial charge on any atom is 0.0700 e. The largest absolute Gasteiger partial charge is 0.382 e. The smallest absolute Gasteiger partial charge is 0.0700 e. The third kappa shape index (κ3) is 5.42. The average Bonchev–Trinajstić information content (AvgIpc) is 2.53. The molecule has 1 N–H and O–H groups in total. The zero-order valence-corrected chi connectivity index (χ0v) is 12.7. The normalized spacial score (nSPS) is 11.1. The van der Waals surface area contributed by atoms with Gasteiger partial charge in [-0.2, -0.15) is 0 Å². The Kier molecular flexibility index (Phi) is 7.15. The van der Waals surface area contributed by atoms with Crippen molar-refractivity contribution in [2.24, 2.45) is 0 Å². The van der Waals surface area contributed by atoms with Gasteiger partial charge in [-0.3, -0.25) is 4.98 Å². The molecule has 0 fully saturated rings. The molecule has 0 amide bonds. The lowest BCUT2D eigenvalue weighted by molar-refractivity contribution is 0.0688. The molecule has 0 bridgehead atoms. The van der Waals surface area contributed by atoms with E-state index < -0.39 is 0 Å². The van der Waals surface area contributed by atoms with Gasteiger partial charge in [0.05, 0.1) is 13.2 Å². The van der Waals surface area contributed by atoms with Gasteiger partial charge in [0.15, 0.2) is 0 Å². The summed E-state index contributed by atoms with van der Waals surface area (Å²) in [4.78, 5) is 4.16.